The Morgan fingerprint density at radius 2 is 1.85 bits per heavy atom. The Hall–Kier alpha value is -0.0400. The van der Waals surface area contributed by atoms with Crippen molar-refractivity contribution in [2.45, 2.75) is 66.4 Å². The molecule has 0 aromatic rings. The molecule has 1 nitrogen and oxygen atoms in total. The predicted molar refractivity (Wildman–Crippen MR) is 59.0 cm³/mol. The highest BCUT2D eigenvalue weighted by Gasteiger charge is 2.12. The van der Waals surface area contributed by atoms with Crippen LogP contribution in [0.1, 0.15) is 60.3 Å². The zero-order valence-electron chi connectivity index (χ0n) is 10.0. The third-order valence-corrected chi connectivity index (χ3v) is 2.20. The number of unbranched alkanes of at least 4 members (excludes halogenated alkanes) is 1. The van der Waals surface area contributed by atoms with Gasteiger partial charge in [-0.3, -0.25) is 0 Å². The Bertz CT molecular complexity index is 113. The van der Waals surface area contributed by atoms with Crippen LogP contribution in [0.4, 0.5) is 0 Å². The average molecular weight is 186 g/mol. The molecule has 0 rings (SSSR count). The predicted octanol–water partition coefficient (Wildman–Crippen LogP) is 4.02. The molecule has 0 aromatic heterocycles. The Morgan fingerprint density at radius 1 is 1.23 bits per heavy atom. The Morgan fingerprint density at radius 3 is 2.31 bits per heavy atom. The van der Waals surface area contributed by atoms with Gasteiger partial charge in [0.15, 0.2) is 0 Å². The second-order valence-corrected chi connectivity index (χ2v) is 5.13. The van der Waals surface area contributed by atoms with Crippen molar-refractivity contribution in [3.05, 3.63) is 0 Å². The van der Waals surface area contributed by atoms with E-state index in [-0.39, 0.29) is 0 Å². The summed E-state index contributed by atoms with van der Waals surface area (Å²) in [7, 11) is 0. The summed E-state index contributed by atoms with van der Waals surface area (Å²) >= 11 is 0. The van der Waals surface area contributed by atoms with Crippen LogP contribution < -0.4 is 0 Å². The van der Waals surface area contributed by atoms with Crippen LogP contribution in [0.3, 0.4) is 0 Å². The molecule has 1 atom stereocenters. The molecule has 1 unspecified atom stereocenters. The van der Waals surface area contributed by atoms with Gasteiger partial charge in [0.1, 0.15) is 0 Å². The minimum Gasteiger partial charge on any atom is -0.379 e. The van der Waals surface area contributed by atoms with Gasteiger partial charge >= 0.3 is 0 Å². The van der Waals surface area contributed by atoms with Gasteiger partial charge in [0.25, 0.3) is 0 Å². The molecule has 1 heteroatoms. The highest BCUT2D eigenvalue weighted by molar-refractivity contribution is 4.63. The van der Waals surface area contributed by atoms with Gasteiger partial charge in [-0.05, 0) is 31.6 Å². The molecular weight excluding hydrogens is 160 g/mol. The zero-order valence-corrected chi connectivity index (χ0v) is 10.0. The highest BCUT2D eigenvalue weighted by Crippen LogP contribution is 2.22. The Balaban J connectivity index is 3.35. The molecule has 13 heavy (non-hydrogen) atoms. The van der Waals surface area contributed by atoms with E-state index in [1.54, 1.807) is 0 Å². The van der Waals surface area contributed by atoms with Crippen molar-refractivity contribution in [1.29, 1.82) is 0 Å². The van der Waals surface area contributed by atoms with Gasteiger partial charge in [0, 0.05) is 6.61 Å². The van der Waals surface area contributed by atoms with E-state index in [1.165, 1.54) is 25.7 Å². The lowest BCUT2D eigenvalue weighted by Gasteiger charge is -2.21. The minimum absolute atomic E-state index is 0.436. The van der Waals surface area contributed by atoms with Crippen molar-refractivity contribution in [3.8, 4) is 0 Å². The van der Waals surface area contributed by atoms with Crippen LogP contribution in [0.5, 0.6) is 0 Å². The average Bonchev–Trinajstić information content (AvgIpc) is 2.00. The summed E-state index contributed by atoms with van der Waals surface area (Å²) in [6.45, 7) is 12.2. The molecule has 0 aliphatic rings. The smallest absolute Gasteiger partial charge is 0.0547 e. The summed E-state index contributed by atoms with van der Waals surface area (Å²) in [4.78, 5) is 0. The summed E-state index contributed by atoms with van der Waals surface area (Å²) < 4.78 is 5.68. The first-order chi connectivity index (χ1) is 5.95. The molecular formula is C12H26O. The van der Waals surface area contributed by atoms with Crippen LogP contribution in [0, 0.1) is 5.41 Å². The lowest BCUT2D eigenvalue weighted by Crippen LogP contribution is -2.14. The maximum absolute atomic E-state index is 5.68. The molecule has 0 amide bonds. The molecule has 0 aliphatic carbocycles. The van der Waals surface area contributed by atoms with Gasteiger partial charge in [-0.1, -0.05) is 34.1 Å². The summed E-state index contributed by atoms with van der Waals surface area (Å²) in [5, 5.41) is 0. The summed E-state index contributed by atoms with van der Waals surface area (Å²) in [6, 6.07) is 0. The van der Waals surface area contributed by atoms with Gasteiger partial charge < -0.3 is 4.74 Å². The third kappa shape index (κ3) is 9.88. The maximum Gasteiger partial charge on any atom is 0.0547 e. The molecule has 0 spiro atoms. The van der Waals surface area contributed by atoms with Crippen LogP contribution >= 0.6 is 0 Å². The third-order valence-electron chi connectivity index (χ3n) is 2.20. The number of hydrogen-bond donors (Lipinski definition) is 0. The first kappa shape index (κ1) is 13.0. The van der Waals surface area contributed by atoms with E-state index in [0.717, 1.165) is 6.61 Å². The SMILES string of the molecule is CCCCOC(C)CCC(C)(C)C. The molecule has 80 valence electrons. The maximum atomic E-state index is 5.68. The molecule has 0 aliphatic heterocycles. The molecule has 0 fully saturated rings. The molecule has 0 N–H and O–H groups in total. The monoisotopic (exact) mass is 186 g/mol. The van der Waals surface area contributed by atoms with E-state index in [4.69, 9.17) is 4.74 Å². The largest absolute Gasteiger partial charge is 0.379 e. The fourth-order valence-corrected chi connectivity index (χ4v) is 1.15. The van der Waals surface area contributed by atoms with Crippen LogP contribution in [-0.2, 0) is 4.74 Å². The Kier molecular flexibility index (Phi) is 6.40. The zero-order chi connectivity index (χ0) is 10.3. The van der Waals surface area contributed by atoms with Gasteiger partial charge in [-0.15, -0.1) is 0 Å². The Labute approximate surface area is 83.9 Å². The first-order valence-corrected chi connectivity index (χ1v) is 5.57. The van der Waals surface area contributed by atoms with Gasteiger partial charge in [-0.2, -0.15) is 0 Å². The normalized spacial score (nSPS) is 14.5. The van der Waals surface area contributed by atoms with Crippen molar-refractivity contribution in [1.82, 2.24) is 0 Å². The van der Waals surface area contributed by atoms with Crippen LogP contribution in [-0.4, -0.2) is 12.7 Å². The van der Waals surface area contributed by atoms with Crippen LogP contribution in [0.2, 0.25) is 0 Å². The quantitative estimate of drug-likeness (QED) is 0.569. The van der Waals surface area contributed by atoms with E-state index in [1.807, 2.05) is 0 Å². The first-order valence-electron chi connectivity index (χ1n) is 5.57. The second-order valence-electron chi connectivity index (χ2n) is 5.13. The van der Waals surface area contributed by atoms with E-state index < -0.39 is 0 Å². The minimum atomic E-state index is 0.436. The van der Waals surface area contributed by atoms with Crippen molar-refractivity contribution >= 4 is 0 Å². The number of rotatable bonds is 6. The summed E-state index contributed by atoms with van der Waals surface area (Å²) in [6.07, 6.45) is 5.30. The second kappa shape index (κ2) is 6.42. The fourth-order valence-electron chi connectivity index (χ4n) is 1.15. The standard InChI is InChI=1S/C12H26O/c1-6-7-10-13-11(2)8-9-12(3,4)5/h11H,6-10H2,1-5H3. The number of ether oxygens (including phenoxy) is 1. The van der Waals surface area contributed by atoms with Crippen molar-refractivity contribution in [2.24, 2.45) is 5.41 Å². The summed E-state index contributed by atoms with van der Waals surface area (Å²) in [5.41, 5.74) is 0.447. The molecule has 0 heterocycles. The van der Waals surface area contributed by atoms with Gasteiger partial charge in [0.2, 0.25) is 0 Å². The fraction of sp³-hybridized carbons (Fsp3) is 1.00. The summed E-state index contributed by atoms with van der Waals surface area (Å²) in [5.74, 6) is 0. The lowest BCUT2D eigenvalue weighted by molar-refractivity contribution is 0.0506. The topological polar surface area (TPSA) is 9.23 Å². The molecule has 0 radical (unpaired) electrons. The van der Waals surface area contributed by atoms with E-state index in [0.29, 0.717) is 11.5 Å². The van der Waals surface area contributed by atoms with Crippen molar-refractivity contribution in [2.75, 3.05) is 6.61 Å². The molecule has 0 aromatic carbocycles. The van der Waals surface area contributed by atoms with E-state index in [9.17, 15) is 0 Å². The molecule has 0 saturated carbocycles. The van der Waals surface area contributed by atoms with E-state index in [2.05, 4.69) is 34.6 Å². The van der Waals surface area contributed by atoms with E-state index >= 15 is 0 Å². The van der Waals surface area contributed by atoms with Crippen LogP contribution in [0.25, 0.3) is 0 Å². The lowest BCUT2D eigenvalue weighted by atomic mass is 9.89. The molecule has 0 bridgehead atoms. The number of hydrogen-bond acceptors (Lipinski definition) is 1. The van der Waals surface area contributed by atoms with Gasteiger partial charge in [0.05, 0.1) is 6.10 Å². The molecule has 0 saturated heterocycles. The van der Waals surface area contributed by atoms with Crippen LogP contribution in [0.15, 0.2) is 0 Å². The van der Waals surface area contributed by atoms with Crippen molar-refractivity contribution < 1.29 is 4.74 Å². The van der Waals surface area contributed by atoms with Gasteiger partial charge in [-0.25, -0.2) is 0 Å². The highest BCUT2D eigenvalue weighted by atomic mass is 16.5. The van der Waals surface area contributed by atoms with Crippen molar-refractivity contribution in [3.63, 3.8) is 0 Å².